The van der Waals surface area contributed by atoms with Crippen LogP contribution in [0.3, 0.4) is 0 Å². The van der Waals surface area contributed by atoms with Gasteiger partial charge in [0.25, 0.3) is 0 Å². The molecule has 1 heterocycles. The summed E-state index contributed by atoms with van der Waals surface area (Å²) in [5, 5.41) is 4.25. The molecule has 1 aromatic rings. The van der Waals surface area contributed by atoms with Gasteiger partial charge in [0.2, 0.25) is 5.92 Å². The van der Waals surface area contributed by atoms with Gasteiger partial charge in [-0.05, 0) is 38.7 Å². The zero-order valence-electron chi connectivity index (χ0n) is 10.9. The molecule has 1 aliphatic carbocycles. The number of aromatic nitrogens is 2. The van der Waals surface area contributed by atoms with Crippen molar-refractivity contribution in [1.29, 1.82) is 0 Å². The molecule has 0 aliphatic heterocycles. The standard InChI is InChI=1S/C13H21F2N3/c1-9(2)18-11(5-8-17-18)12(16)10-3-6-13(14,15)7-4-10/h5,8-10,12H,3-4,6-7,16H2,1-2H3. The summed E-state index contributed by atoms with van der Waals surface area (Å²) >= 11 is 0. The first kappa shape index (κ1) is 13.5. The highest BCUT2D eigenvalue weighted by Crippen LogP contribution is 2.40. The molecule has 3 nitrogen and oxygen atoms in total. The summed E-state index contributed by atoms with van der Waals surface area (Å²) in [7, 11) is 0. The molecule has 5 heteroatoms. The number of hydrogen-bond acceptors (Lipinski definition) is 2. The third kappa shape index (κ3) is 2.71. The normalized spacial score (nSPS) is 22.3. The van der Waals surface area contributed by atoms with E-state index in [9.17, 15) is 8.78 Å². The summed E-state index contributed by atoms with van der Waals surface area (Å²) in [6.07, 6.45) is 2.64. The van der Waals surface area contributed by atoms with Crippen LogP contribution in [0.2, 0.25) is 0 Å². The van der Waals surface area contributed by atoms with Crippen molar-refractivity contribution in [3.05, 3.63) is 18.0 Å². The van der Waals surface area contributed by atoms with Crippen LogP contribution in [0.25, 0.3) is 0 Å². The van der Waals surface area contributed by atoms with Gasteiger partial charge in [-0.25, -0.2) is 8.78 Å². The molecular formula is C13H21F2N3. The summed E-state index contributed by atoms with van der Waals surface area (Å²) < 4.78 is 28.2. The second kappa shape index (κ2) is 4.96. The number of halogens is 2. The van der Waals surface area contributed by atoms with E-state index in [1.165, 1.54) is 0 Å². The first-order valence-corrected chi connectivity index (χ1v) is 6.57. The highest BCUT2D eigenvalue weighted by Gasteiger charge is 2.37. The second-order valence-corrected chi connectivity index (χ2v) is 5.51. The van der Waals surface area contributed by atoms with E-state index in [0.29, 0.717) is 12.8 Å². The van der Waals surface area contributed by atoms with Crippen LogP contribution in [0.1, 0.15) is 57.3 Å². The number of nitrogens with zero attached hydrogens (tertiary/aromatic N) is 2. The number of nitrogens with two attached hydrogens (primary N) is 1. The molecule has 0 bridgehead atoms. The molecule has 0 saturated heterocycles. The van der Waals surface area contributed by atoms with Gasteiger partial charge in [0.05, 0.1) is 5.69 Å². The van der Waals surface area contributed by atoms with Crippen molar-refractivity contribution >= 4 is 0 Å². The van der Waals surface area contributed by atoms with Crippen LogP contribution in [0.4, 0.5) is 8.78 Å². The Morgan fingerprint density at radius 3 is 2.56 bits per heavy atom. The van der Waals surface area contributed by atoms with E-state index in [0.717, 1.165) is 5.69 Å². The molecule has 1 unspecified atom stereocenters. The molecule has 2 rings (SSSR count). The van der Waals surface area contributed by atoms with Crippen molar-refractivity contribution in [2.45, 2.75) is 57.5 Å². The van der Waals surface area contributed by atoms with Crippen LogP contribution in [0.15, 0.2) is 12.3 Å². The summed E-state index contributed by atoms with van der Waals surface area (Å²) in [5.74, 6) is -2.35. The van der Waals surface area contributed by atoms with E-state index in [2.05, 4.69) is 5.10 Å². The van der Waals surface area contributed by atoms with E-state index in [1.54, 1.807) is 6.20 Å². The summed E-state index contributed by atoms with van der Waals surface area (Å²) in [5.41, 5.74) is 7.19. The molecule has 2 N–H and O–H groups in total. The highest BCUT2D eigenvalue weighted by molar-refractivity contribution is 5.09. The lowest BCUT2D eigenvalue weighted by atomic mass is 9.81. The molecule has 1 saturated carbocycles. The van der Waals surface area contributed by atoms with Crippen molar-refractivity contribution in [2.75, 3.05) is 0 Å². The minimum Gasteiger partial charge on any atom is -0.322 e. The van der Waals surface area contributed by atoms with Crippen LogP contribution >= 0.6 is 0 Å². The van der Waals surface area contributed by atoms with Gasteiger partial charge in [0.15, 0.2) is 0 Å². The quantitative estimate of drug-likeness (QED) is 0.903. The van der Waals surface area contributed by atoms with Crippen LogP contribution in [-0.2, 0) is 0 Å². The Morgan fingerprint density at radius 1 is 1.39 bits per heavy atom. The molecule has 1 fully saturated rings. The number of rotatable bonds is 3. The molecule has 1 aromatic heterocycles. The van der Waals surface area contributed by atoms with Crippen molar-refractivity contribution < 1.29 is 8.78 Å². The summed E-state index contributed by atoms with van der Waals surface area (Å²) in [6, 6.07) is 1.95. The number of alkyl halides is 2. The third-order valence-corrected chi connectivity index (χ3v) is 3.80. The maximum Gasteiger partial charge on any atom is 0.248 e. The Hall–Kier alpha value is -0.970. The lowest BCUT2D eigenvalue weighted by molar-refractivity contribution is -0.0486. The lowest BCUT2D eigenvalue weighted by Crippen LogP contribution is -2.32. The van der Waals surface area contributed by atoms with Gasteiger partial charge in [-0.2, -0.15) is 5.10 Å². The maximum absolute atomic E-state index is 13.1. The predicted octanol–water partition coefficient (Wildman–Crippen LogP) is 3.29. The summed E-state index contributed by atoms with van der Waals surface area (Å²) in [6.45, 7) is 4.08. The maximum atomic E-state index is 13.1. The Balaban J connectivity index is 2.08. The van der Waals surface area contributed by atoms with E-state index >= 15 is 0 Å². The molecule has 0 aromatic carbocycles. The largest absolute Gasteiger partial charge is 0.322 e. The van der Waals surface area contributed by atoms with Gasteiger partial charge in [-0.3, -0.25) is 4.68 Å². The molecule has 0 spiro atoms. The Morgan fingerprint density at radius 2 is 2.00 bits per heavy atom. The minimum atomic E-state index is -2.49. The van der Waals surface area contributed by atoms with Gasteiger partial charge in [-0.1, -0.05) is 0 Å². The molecule has 102 valence electrons. The second-order valence-electron chi connectivity index (χ2n) is 5.51. The molecule has 18 heavy (non-hydrogen) atoms. The molecule has 0 radical (unpaired) electrons. The average Bonchev–Trinajstić information content (AvgIpc) is 2.77. The predicted molar refractivity (Wildman–Crippen MR) is 66.4 cm³/mol. The zero-order valence-corrected chi connectivity index (χ0v) is 10.9. The zero-order chi connectivity index (χ0) is 13.3. The summed E-state index contributed by atoms with van der Waals surface area (Å²) in [4.78, 5) is 0. The first-order valence-electron chi connectivity index (χ1n) is 6.57. The molecule has 1 atom stereocenters. The number of hydrogen-bond donors (Lipinski definition) is 1. The topological polar surface area (TPSA) is 43.8 Å². The third-order valence-electron chi connectivity index (χ3n) is 3.80. The van der Waals surface area contributed by atoms with E-state index in [1.807, 2.05) is 24.6 Å². The minimum absolute atomic E-state index is 0.0405. The Labute approximate surface area is 106 Å². The first-order chi connectivity index (χ1) is 8.41. The van der Waals surface area contributed by atoms with E-state index in [-0.39, 0.29) is 30.8 Å². The molecule has 0 amide bonds. The fourth-order valence-corrected chi connectivity index (χ4v) is 2.68. The smallest absolute Gasteiger partial charge is 0.248 e. The molecule has 1 aliphatic rings. The fraction of sp³-hybridized carbons (Fsp3) is 0.769. The van der Waals surface area contributed by atoms with Crippen molar-refractivity contribution in [2.24, 2.45) is 11.7 Å². The average molecular weight is 257 g/mol. The van der Waals surface area contributed by atoms with Crippen LogP contribution in [-0.4, -0.2) is 15.7 Å². The van der Waals surface area contributed by atoms with Gasteiger partial charge < -0.3 is 5.73 Å². The van der Waals surface area contributed by atoms with Crippen molar-refractivity contribution in [3.63, 3.8) is 0 Å². The van der Waals surface area contributed by atoms with E-state index < -0.39 is 5.92 Å². The van der Waals surface area contributed by atoms with Crippen LogP contribution in [0.5, 0.6) is 0 Å². The van der Waals surface area contributed by atoms with Crippen molar-refractivity contribution in [3.8, 4) is 0 Å². The van der Waals surface area contributed by atoms with Gasteiger partial charge in [0, 0.05) is 31.1 Å². The Kier molecular flexibility index (Phi) is 3.71. The monoisotopic (exact) mass is 257 g/mol. The van der Waals surface area contributed by atoms with Gasteiger partial charge in [-0.15, -0.1) is 0 Å². The fourth-order valence-electron chi connectivity index (χ4n) is 2.68. The van der Waals surface area contributed by atoms with Gasteiger partial charge in [0.1, 0.15) is 0 Å². The van der Waals surface area contributed by atoms with Crippen molar-refractivity contribution in [1.82, 2.24) is 9.78 Å². The van der Waals surface area contributed by atoms with Crippen LogP contribution < -0.4 is 5.73 Å². The lowest BCUT2D eigenvalue weighted by Gasteiger charge is -2.32. The highest BCUT2D eigenvalue weighted by atomic mass is 19.3. The van der Waals surface area contributed by atoms with E-state index in [4.69, 9.17) is 5.73 Å². The molecular weight excluding hydrogens is 236 g/mol. The van der Waals surface area contributed by atoms with Crippen LogP contribution in [0, 0.1) is 5.92 Å². The Bertz CT molecular complexity index is 391. The van der Waals surface area contributed by atoms with Gasteiger partial charge >= 0.3 is 0 Å². The SMILES string of the molecule is CC(C)n1nccc1C(N)C1CCC(F)(F)CC1.